The van der Waals surface area contributed by atoms with Crippen LogP contribution in [0.25, 0.3) is 0 Å². The molecule has 0 saturated carbocycles. The molecule has 4 nitrogen and oxygen atoms in total. The molecule has 1 saturated heterocycles. The molecule has 138 valence electrons. The number of hydrogen-bond acceptors (Lipinski definition) is 3. The van der Waals surface area contributed by atoms with Crippen LogP contribution in [0.3, 0.4) is 0 Å². The van der Waals surface area contributed by atoms with Gasteiger partial charge in [-0.15, -0.1) is 0 Å². The fourth-order valence-electron chi connectivity index (χ4n) is 3.35. The van der Waals surface area contributed by atoms with Gasteiger partial charge in [0.05, 0.1) is 6.10 Å². The first kappa shape index (κ1) is 18.6. The van der Waals surface area contributed by atoms with Gasteiger partial charge in [-0.05, 0) is 37.3 Å². The first-order valence-corrected chi connectivity index (χ1v) is 9.40. The summed E-state index contributed by atoms with van der Waals surface area (Å²) in [6.45, 7) is 4.12. The first-order valence-electron chi connectivity index (χ1n) is 9.40. The normalized spacial score (nSPS) is 18.1. The van der Waals surface area contributed by atoms with Crippen molar-refractivity contribution in [1.82, 2.24) is 4.90 Å². The molecular formula is C22H28N2O2. The number of benzene rings is 2. The van der Waals surface area contributed by atoms with E-state index >= 15 is 0 Å². The van der Waals surface area contributed by atoms with Crippen LogP contribution in [-0.4, -0.2) is 36.6 Å². The number of carbonyl (C=O) groups is 1. The Labute approximate surface area is 156 Å². The zero-order chi connectivity index (χ0) is 18.4. The van der Waals surface area contributed by atoms with E-state index in [-0.39, 0.29) is 12.0 Å². The molecule has 2 N–H and O–H groups in total. The third-order valence-corrected chi connectivity index (χ3v) is 4.97. The van der Waals surface area contributed by atoms with Crippen molar-refractivity contribution in [2.75, 3.05) is 19.7 Å². The van der Waals surface area contributed by atoms with Crippen molar-refractivity contribution in [2.24, 2.45) is 5.73 Å². The molecule has 1 aliphatic rings. The van der Waals surface area contributed by atoms with Crippen molar-refractivity contribution in [3.63, 3.8) is 0 Å². The van der Waals surface area contributed by atoms with Crippen molar-refractivity contribution < 1.29 is 9.53 Å². The van der Waals surface area contributed by atoms with E-state index in [1.54, 1.807) is 0 Å². The lowest BCUT2D eigenvalue weighted by atomic mass is 10.1. The summed E-state index contributed by atoms with van der Waals surface area (Å²) in [6.07, 6.45) is 3.03. The standard InChI is InChI=1S/C22H28N2O2/c1-17-9-11-19(12-10-17)21(23)22(25)24-14-13-20(16-24)26-15-5-8-18-6-3-2-4-7-18/h2-4,6-7,9-12,20-21H,5,8,13-16,23H2,1H3. The van der Waals surface area contributed by atoms with Gasteiger partial charge in [-0.3, -0.25) is 4.79 Å². The van der Waals surface area contributed by atoms with Gasteiger partial charge in [-0.1, -0.05) is 60.2 Å². The Hall–Kier alpha value is -2.17. The summed E-state index contributed by atoms with van der Waals surface area (Å²) < 4.78 is 5.97. The van der Waals surface area contributed by atoms with Crippen LogP contribution in [0.15, 0.2) is 54.6 Å². The van der Waals surface area contributed by atoms with Crippen molar-refractivity contribution in [3.05, 3.63) is 71.3 Å². The number of nitrogens with zero attached hydrogens (tertiary/aromatic N) is 1. The number of ether oxygens (including phenoxy) is 1. The van der Waals surface area contributed by atoms with Gasteiger partial charge >= 0.3 is 0 Å². The summed E-state index contributed by atoms with van der Waals surface area (Å²) in [4.78, 5) is 14.5. The van der Waals surface area contributed by atoms with Crippen molar-refractivity contribution in [3.8, 4) is 0 Å². The second-order valence-electron chi connectivity index (χ2n) is 7.04. The Morgan fingerprint density at radius 3 is 2.65 bits per heavy atom. The highest BCUT2D eigenvalue weighted by Gasteiger charge is 2.30. The lowest BCUT2D eigenvalue weighted by molar-refractivity contribution is -0.132. The second-order valence-corrected chi connectivity index (χ2v) is 7.04. The van der Waals surface area contributed by atoms with Crippen LogP contribution in [0.1, 0.15) is 35.6 Å². The van der Waals surface area contributed by atoms with Crippen molar-refractivity contribution >= 4 is 5.91 Å². The van der Waals surface area contributed by atoms with Gasteiger partial charge < -0.3 is 15.4 Å². The van der Waals surface area contributed by atoms with Gasteiger partial charge in [0.2, 0.25) is 5.91 Å². The number of hydrogen-bond donors (Lipinski definition) is 1. The van der Waals surface area contributed by atoms with E-state index in [9.17, 15) is 4.79 Å². The average molecular weight is 352 g/mol. The summed E-state index contributed by atoms with van der Waals surface area (Å²) in [5.41, 5.74) is 9.54. The molecule has 2 aromatic carbocycles. The van der Waals surface area contributed by atoms with E-state index in [1.807, 2.05) is 42.2 Å². The molecule has 0 aromatic heterocycles. The number of rotatable bonds is 7. The molecule has 0 aliphatic carbocycles. The van der Waals surface area contributed by atoms with Gasteiger partial charge in [0, 0.05) is 19.7 Å². The fourth-order valence-corrected chi connectivity index (χ4v) is 3.35. The monoisotopic (exact) mass is 352 g/mol. The van der Waals surface area contributed by atoms with Crippen LogP contribution < -0.4 is 5.73 Å². The van der Waals surface area contributed by atoms with Crippen LogP contribution in [0.5, 0.6) is 0 Å². The highest BCUT2D eigenvalue weighted by Crippen LogP contribution is 2.19. The number of amides is 1. The molecule has 2 atom stereocenters. The maximum atomic E-state index is 12.6. The number of nitrogens with two attached hydrogens (primary N) is 1. The number of carbonyl (C=O) groups excluding carboxylic acids is 1. The van der Waals surface area contributed by atoms with E-state index in [4.69, 9.17) is 10.5 Å². The second kappa shape index (κ2) is 8.97. The average Bonchev–Trinajstić information content (AvgIpc) is 3.14. The quantitative estimate of drug-likeness (QED) is 0.778. The lowest BCUT2D eigenvalue weighted by Crippen LogP contribution is -2.37. The van der Waals surface area contributed by atoms with Gasteiger partial charge in [0.1, 0.15) is 6.04 Å². The zero-order valence-electron chi connectivity index (χ0n) is 15.4. The van der Waals surface area contributed by atoms with Crippen LogP contribution in [0.4, 0.5) is 0 Å². The minimum Gasteiger partial charge on any atom is -0.376 e. The highest BCUT2D eigenvalue weighted by atomic mass is 16.5. The maximum Gasteiger partial charge on any atom is 0.244 e. The third-order valence-electron chi connectivity index (χ3n) is 4.97. The van der Waals surface area contributed by atoms with Gasteiger partial charge in [-0.2, -0.15) is 0 Å². The zero-order valence-corrected chi connectivity index (χ0v) is 15.4. The number of likely N-dealkylation sites (tertiary alicyclic amines) is 1. The molecular weight excluding hydrogens is 324 g/mol. The topological polar surface area (TPSA) is 55.6 Å². The van der Waals surface area contributed by atoms with E-state index < -0.39 is 6.04 Å². The van der Waals surface area contributed by atoms with E-state index in [1.165, 1.54) is 11.1 Å². The number of aryl methyl sites for hydroxylation is 2. The van der Waals surface area contributed by atoms with Gasteiger partial charge in [0.25, 0.3) is 0 Å². The molecule has 0 bridgehead atoms. The Balaban J connectivity index is 1.41. The molecule has 4 heteroatoms. The van der Waals surface area contributed by atoms with Crippen molar-refractivity contribution in [2.45, 2.75) is 38.3 Å². The molecule has 0 spiro atoms. The Bertz CT molecular complexity index is 700. The predicted octanol–water partition coefficient (Wildman–Crippen LogP) is 3.25. The molecule has 1 amide bonds. The Morgan fingerprint density at radius 1 is 1.19 bits per heavy atom. The lowest BCUT2D eigenvalue weighted by Gasteiger charge is -2.21. The first-order chi connectivity index (χ1) is 12.6. The largest absolute Gasteiger partial charge is 0.376 e. The van der Waals surface area contributed by atoms with Crippen LogP contribution in [-0.2, 0) is 16.0 Å². The van der Waals surface area contributed by atoms with Crippen molar-refractivity contribution in [1.29, 1.82) is 0 Å². The molecule has 0 radical (unpaired) electrons. The summed E-state index contributed by atoms with van der Waals surface area (Å²) in [5, 5.41) is 0. The Morgan fingerprint density at radius 2 is 1.92 bits per heavy atom. The van der Waals surface area contributed by atoms with Crippen LogP contribution >= 0.6 is 0 Å². The maximum absolute atomic E-state index is 12.6. The fraction of sp³-hybridized carbons (Fsp3) is 0.409. The minimum atomic E-state index is -0.590. The smallest absolute Gasteiger partial charge is 0.244 e. The van der Waals surface area contributed by atoms with E-state index in [2.05, 4.69) is 24.3 Å². The molecule has 2 aromatic rings. The predicted molar refractivity (Wildman–Crippen MR) is 104 cm³/mol. The third kappa shape index (κ3) is 4.93. The van der Waals surface area contributed by atoms with E-state index in [0.717, 1.165) is 38.0 Å². The van der Waals surface area contributed by atoms with Crippen LogP contribution in [0.2, 0.25) is 0 Å². The molecule has 26 heavy (non-hydrogen) atoms. The SMILES string of the molecule is Cc1ccc(C(N)C(=O)N2CCC(OCCCc3ccccc3)C2)cc1. The van der Waals surface area contributed by atoms with Gasteiger partial charge in [0.15, 0.2) is 0 Å². The molecule has 1 aliphatic heterocycles. The summed E-state index contributed by atoms with van der Waals surface area (Å²) in [7, 11) is 0. The summed E-state index contributed by atoms with van der Waals surface area (Å²) in [5.74, 6) is -0.00996. The van der Waals surface area contributed by atoms with Crippen LogP contribution in [0, 0.1) is 6.92 Å². The van der Waals surface area contributed by atoms with E-state index in [0.29, 0.717) is 6.54 Å². The minimum absolute atomic E-state index is 0.00996. The molecule has 1 fully saturated rings. The summed E-state index contributed by atoms with van der Waals surface area (Å²) in [6, 6.07) is 17.7. The summed E-state index contributed by atoms with van der Waals surface area (Å²) >= 11 is 0. The highest BCUT2D eigenvalue weighted by molar-refractivity contribution is 5.83. The molecule has 2 unspecified atom stereocenters. The Kier molecular flexibility index (Phi) is 6.42. The van der Waals surface area contributed by atoms with Gasteiger partial charge in [-0.25, -0.2) is 0 Å². The molecule has 3 rings (SSSR count). The molecule has 1 heterocycles.